The van der Waals surface area contributed by atoms with Crippen LogP contribution < -0.4 is 10.1 Å². The summed E-state index contributed by atoms with van der Waals surface area (Å²) in [4.78, 5) is 4.09. The third-order valence-corrected chi connectivity index (χ3v) is 3.58. The topological polar surface area (TPSA) is 43.4 Å². The van der Waals surface area contributed by atoms with Gasteiger partial charge < -0.3 is 14.8 Å². The van der Waals surface area contributed by atoms with Gasteiger partial charge in [-0.2, -0.15) is 0 Å². The summed E-state index contributed by atoms with van der Waals surface area (Å²) in [6, 6.07) is 9.96. The minimum atomic E-state index is 0.502. The van der Waals surface area contributed by atoms with E-state index >= 15 is 0 Å². The van der Waals surface area contributed by atoms with E-state index in [4.69, 9.17) is 9.47 Å². The molecule has 1 heterocycles. The second-order valence-electron chi connectivity index (χ2n) is 4.55. The maximum absolute atomic E-state index is 5.95. The minimum Gasteiger partial charge on any atom is -0.487 e. The standard InChI is InChI=1S/C16H19BrN2O2/c1-20-9-8-19-11-14-5-2-6-15(17)16(14)21-12-13-4-3-7-18-10-13/h2-7,10,19H,8-9,11-12H2,1H3. The average molecular weight is 351 g/mol. The highest BCUT2D eigenvalue weighted by molar-refractivity contribution is 9.10. The van der Waals surface area contributed by atoms with Crippen LogP contribution in [0.4, 0.5) is 0 Å². The first-order valence-corrected chi connectivity index (χ1v) is 7.59. The van der Waals surface area contributed by atoms with Crippen LogP contribution in [0, 0.1) is 0 Å². The van der Waals surface area contributed by atoms with E-state index in [1.165, 1.54) is 0 Å². The van der Waals surface area contributed by atoms with Gasteiger partial charge in [0, 0.05) is 43.7 Å². The van der Waals surface area contributed by atoms with E-state index < -0.39 is 0 Å². The molecule has 0 saturated heterocycles. The van der Waals surface area contributed by atoms with Gasteiger partial charge in [-0.15, -0.1) is 0 Å². The lowest BCUT2D eigenvalue weighted by Gasteiger charge is -2.14. The second-order valence-corrected chi connectivity index (χ2v) is 5.40. The van der Waals surface area contributed by atoms with E-state index in [9.17, 15) is 0 Å². The van der Waals surface area contributed by atoms with Crippen LogP contribution in [0.2, 0.25) is 0 Å². The van der Waals surface area contributed by atoms with Crippen molar-refractivity contribution < 1.29 is 9.47 Å². The first-order chi connectivity index (χ1) is 10.3. The Morgan fingerprint density at radius 2 is 2.14 bits per heavy atom. The summed E-state index contributed by atoms with van der Waals surface area (Å²) >= 11 is 3.55. The molecule has 0 amide bonds. The van der Waals surface area contributed by atoms with Crippen LogP contribution in [0.5, 0.6) is 5.75 Å². The summed E-state index contributed by atoms with van der Waals surface area (Å²) in [7, 11) is 1.70. The van der Waals surface area contributed by atoms with Crippen molar-refractivity contribution in [3.63, 3.8) is 0 Å². The number of ether oxygens (including phenoxy) is 2. The molecular formula is C16H19BrN2O2. The Morgan fingerprint density at radius 3 is 2.90 bits per heavy atom. The fourth-order valence-electron chi connectivity index (χ4n) is 1.89. The number of hydrogen-bond donors (Lipinski definition) is 1. The van der Waals surface area contributed by atoms with Crippen molar-refractivity contribution in [1.29, 1.82) is 0 Å². The number of pyridine rings is 1. The third-order valence-electron chi connectivity index (χ3n) is 2.95. The van der Waals surface area contributed by atoms with Crippen molar-refractivity contribution in [3.8, 4) is 5.75 Å². The molecule has 0 unspecified atom stereocenters. The number of halogens is 1. The average Bonchev–Trinajstić information content (AvgIpc) is 2.52. The Bertz CT molecular complexity index is 549. The zero-order chi connectivity index (χ0) is 14.9. The predicted molar refractivity (Wildman–Crippen MR) is 86.3 cm³/mol. The smallest absolute Gasteiger partial charge is 0.138 e. The largest absolute Gasteiger partial charge is 0.487 e. The van der Waals surface area contributed by atoms with Gasteiger partial charge in [0.15, 0.2) is 0 Å². The van der Waals surface area contributed by atoms with Crippen molar-refractivity contribution in [2.45, 2.75) is 13.2 Å². The number of rotatable bonds is 8. The summed E-state index contributed by atoms with van der Waals surface area (Å²) in [5, 5.41) is 3.33. The monoisotopic (exact) mass is 350 g/mol. The lowest BCUT2D eigenvalue weighted by atomic mass is 10.2. The number of nitrogens with one attached hydrogen (secondary N) is 1. The van der Waals surface area contributed by atoms with Gasteiger partial charge in [0.1, 0.15) is 12.4 Å². The molecule has 0 aliphatic heterocycles. The summed E-state index contributed by atoms with van der Waals surface area (Å²) in [5.41, 5.74) is 2.16. The van der Waals surface area contributed by atoms with E-state index in [-0.39, 0.29) is 0 Å². The fourth-order valence-corrected chi connectivity index (χ4v) is 2.41. The van der Waals surface area contributed by atoms with E-state index in [0.29, 0.717) is 13.2 Å². The van der Waals surface area contributed by atoms with Gasteiger partial charge in [-0.3, -0.25) is 4.98 Å². The molecule has 0 spiro atoms. The number of methoxy groups -OCH3 is 1. The molecule has 0 atom stereocenters. The Kier molecular flexibility index (Phi) is 6.66. The highest BCUT2D eigenvalue weighted by Crippen LogP contribution is 2.29. The lowest BCUT2D eigenvalue weighted by Crippen LogP contribution is -2.19. The van der Waals surface area contributed by atoms with E-state index in [0.717, 1.165) is 34.4 Å². The molecule has 112 valence electrons. The van der Waals surface area contributed by atoms with Crippen molar-refractivity contribution >= 4 is 15.9 Å². The van der Waals surface area contributed by atoms with Crippen LogP contribution in [-0.2, 0) is 17.9 Å². The van der Waals surface area contributed by atoms with Crippen LogP contribution in [0.1, 0.15) is 11.1 Å². The van der Waals surface area contributed by atoms with E-state index in [1.54, 1.807) is 13.3 Å². The molecule has 0 aliphatic carbocycles. The minimum absolute atomic E-state index is 0.502. The van der Waals surface area contributed by atoms with Gasteiger partial charge in [-0.25, -0.2) is 0 Å². The van der Waals surface area contributed by atoms with Gasteiger partial charge >= 0.3 is 0 Å². The molecule has 1 N–H and O–H groups in total. The number of nitrogens with zero attached hydrogens (tertiary/aromatic N) is 1. The molecule has 1 aromatic heterocycles. The van der Waals surface area contributed by atoms with Crippen LogP contribution in [0.15, 0.2) is 47.2 Å². The Morgan fingerprint density at radius 1 is 1.24 bits per heavy atom. The Labute approximate surface area is 133 Å². The zero-order valence-corrected chi connectivity index (χ0v) is 13.6. The summed E-state index contributed by atoms with van der Waals surface area (Å²) in [5.74, 6) is 0.867. The number of hydrogen-bond acceptors (Lipinski definition) is 4. The number of benzene rings is 1. The molecule has 1 aromatic carbocycles. The van der Waals surface area contributed by atoms with Gasteiger partial charge in [0.05, 0.1) is 11.1 Å². The van der Waals surface area contributed by atoms with Gasteiger partial charge in [-0.1, -0.05) is 18.2 Å². The molecule has 0 saturated carbocycles. The summed E-state index contributed by atoms with van der Waals surface area (Å²) in [6.07, 6.45) is 3.57. The van der Waals surface area contributed by atoms with E-state index in [2.05, 4.69) is 32.3 Å². The summed E-state index contributed by atoms with van der Waals surface area (Å²) < 4.78 is 11.9. The predicted octanol–water partition coefficient (Wildman–Crippen LogP) is 3.16. The Balaban J connectivity index is 2.00. The van der Waals surface area contributed by atoms with Gasteiger partial charge in [-0.05, 0) is 28.1 Å². The van der Waals surface area contributed by atoms with Gasteiger partial charge in [0.25, 0.3) is 0 Å². The van der Waals surface area contributed by atoms with Crippen LogP contribution in [0.25, 0.3) is 0 Å². The van der Waals surface area contributed by atoms with Crippen molar-refractivity contribution in [2.75, 3.05) is 20.3 Å². The van der Waals surface area contributed by atoms with Crippen molar-refractivity contribution in [1.82, 2.24) is 10.3 Å². The molecule has 0 bridgehead atoms. The molecule has 4 nitrogen and oxygen atoms in total. The van der Waals surface area contributed by atoms with E-state index in [1.807, 2.05) is 30.5 Å². The quantitative estimate of drug-likeness (QED) is 0.742. The van der Waals surface area contributed by atoms with Crippen molar-refractivity contribution in [2.24, 2.45) is 0 Å². The summed E-state index contributed by atoms with van der Waals surface area (Å²) in [6.45, 7) is 2.75. The molecule has 2 rings (SSSR count). The SMILES string of the molecule is COCCNCc1cccc(Br)c1OCc1cccnc1. The fraction of sp³-hybridized carbons (Fsp3) is 0.312. The highest BCUT2D eigenvalue weighted by Gasteiger charge is 2.08. The molecule has 5 heteroatoms. The highest BCUT2D eigenvalue weighted by atomic mass is 79.9. The molecule has 0 radical (unpaired) electrons. The number of para-hydroxylation sites is 1. The molecule has 0 aliphatic rings. The van der Waals surface area contributed by atoms with Crippen LogP contribution in [-0.4, -0.2) is 25.2 Å². The second kappa shape index (κ2) is 8.77. The first-order valence-electron chi connectivity index (χ1n) is 6.80. The molecule has 0 fully saturated rings. The lowest BCUT2D eigenvalue weighted by molar-refractivity contribution is 0.199. The molecular weight excluding hydrogens is 332 g/mol. The number of aromatic nitrogens is 1. The third kappa shape index (κ3) is 5.12. The molecule has 2 aromatic rings. The van der Waals surface area contributed by atoms with Crippen molar-refractivity contribution in [3.05, 3.63) is 58.3 Å². The maximum Gasteiger partial charge on any atom is 0.138 e. The maximum atomic E-state index is 5.95. The molecule has 21 heavy (non-hydrogen) atoms. The Hall–Kier alpha value is -1.43. The van der Waals surface area contributed by atoms with Crippen LogP contribution in [0.3, 0.4) is 0 Å². The zero-order valence-electron chi connectivity index (χ0n) is 12.0. The normalized spacial score (nSPS) is 10.6. The van der Waals surface area contributed by atoms with Gasteiger partial charge in [0.2, 0.25) is 0 Å². The van der Waals surface area contributed by atoms with Crippen LogP contribution >= 0.6 is 15.9 Å². The first kappa shape index (κ1) is 15.9.